The van der Waals surface area contributed by atoms with E-state index in [9.17, 15) is 26.4 Å². The zero-order chi connectivity index (χ0) is 16.1. The quantitative estimate of drug-likeness (QED) is 0.868. The molecule has 118 valence electrons. The largest absolute Gasteiger partial charge is 0.416 e. The summed E-state index contributed by atoms with van der Waals surface area (Å²) in [6, 6.07) is 4.60. The molecule has 0 aliphatic carbocycles. The summed E-state index contributed by atoms with van der Waals surface area (Å²) in [6.45, 7) is 1.62. The lowest BCUT2D eigenvalue weighted by molar-refractivity contribution is -0.137. The number of hydrogen-bond acceptors (Lipinski definition) is 3. The summed E-state index contributed by atoms with van der Waals surface area (Å²) in [7, 11) is -3.37. The standard InChI is InChI=1S/C13H16F3NO3S/c1-2-21(19,20)9-12(18)17-8-7-10-3-5-11(6-4-10)13(14,15)16/h3-6H,2,7-9H2,1H3,(H,17,18). The third kappa shape index (κ3) is 6.16. The highest BCUT2D eigenvalue weighted by Gasteiger charge is 2.29. The Balaban J connectivity index is 2.45. The van der Waals surface area contributed by atoms with E-state index in [0.717, 1.165) is 12.1 Å². The van der Waals surface area contributed by atoms with Gasteiger partial charge in [-0.1, -0.05) is 19.1 Å². The molecule has 0 atom stereocenters. The number of nitrogens with one attached hydrogen (secondary N) is 1. The number of carbonyl (C=O) groups is 1. The van der Waals surface area contributed by atoms with Crippen LogP contribution in [0.5, 0.6) is 0 Å². The highest BCUT2D eigenvalue weighted by molar-refractivity contribution is 7.92. The highest BCUT2D eigenvalue weighted by Crippen LogP contribution is 2.29. The minimum atomic E-state index is -4.37. The van der Waals surface area contributed by atoms with E-state index >= 15 is 0 Å². The molecular formula is C13H16F3NO3S. The van der Waals surface area contributed by atoms with E-state index in [2.05, 4.69) is 5.32 Å². The van der Waals surface area contributed by atoms with E-state index in [1.54, 1.807) is 0 Å². The van der Waals surface area contributed by atoms with Crippen LogP contribution in [0.2, 0.25) is 0 Å². The van der Waals surface area contributed by atoms with E-state index in [1.165, 1.54) is 19.1 Å². The zero-order valence-electron chi connectivity index (χ0n) is 11.4. The van der Waals surface area contributed by atoms with Crippen LogP contribution in [0.25, 0.3) is 0 Å². The number of halogens is 3. The van der Waals surface area contributed by atoms with Gasteiger partial charge >= 0.3 is 6.18 Å². The molecule has 1 rings (SSSR count). The first-order chi connectivity index (χ1) is 9.64. The van der Waals surface area contributed by atoms with Crippen molar-refractivity contribution >= 4 is 15.7 Å². The van der Waals surface area contributed by atoms with Crippen LogP contribution < -0.4 is 5.32 Å². The molecule has 0 aliphatic heterocycles. The van der Waals surface area contributed by atoms with Crippen molar-refractivity contribution in [2.45, 2.75) is 19.5 Å². The monoisotopic (exact) mass is 323 g/mol. The molecule has 0 aromatic heterocycles. The Kier molecular flexibility index (Phi) is 5.77. The normalized spacial score (nSPS) is 12.2. The maximum absolute atomic E-state index is 12.4. The van der Waals surface area contributed by atoms with Gasteiger partial charge in [0.05, 0.1) is 5.56 Å². The molecule has 0 aliphatic rings. The fraction of sp³-hybridized carbons (Fsp3) is 0.462. The van der Waals surface area contributed by atoms with Crippen molar-refractivity contribution in [3.05, 3.63) is 35.4 Å². The van der Waals surface area contributed by atoms with Crippen LogP contribution in [0.15, 0.2) is 24.3 Å². The molecule has 1 N–H and O–H groups in total. The van der Waals surface area contributed by atoms with Crippen LogP contribution >= 0.6 is 0 Å². The Labute approximate surface area is 121 Å². The van der Waals surface area contributed by atoms with Gasteiger partial charge < -0.3 is 5.32 Å². The van der Waals surface area contributed by atoms with Crippen molar-refractivity contribution < 1.29 is 26.4 Å². The van der Waals surface area contributed by atoms with Crippen LogP contribution in [-0.2, 0) is 27.2 Å². The van der Waals surface area contributed by atoms with Crippen LogP contribution in [-0.4, -0.2) is 32.4 Å². The average Bonchev–Trinajstić information content (AvgIpc) is 2.37. The highest BCUT2D eigenvalue weighted by atomic mass is 32.2. The molecule has 1 aromatic carbocycles. The van der Waals surface area contributed by atoms with Gasteiger partial charge in [-0.25, -0.2) is 8.42 Å². The van der Waals surface area contributed by atoms with Gasteiger partial charge in [0.15, 0.2) is 9.84 Å². The predicted molar refractivity (Wildman–Crippen MR) is 72.5 cm³/mol. The molecule has 21 heavy (non-hydrogen) atoms. The van der Waals surface area contributed by atoms with Crippen LogP contribution in [0, 0.1) is 0 Å². The van der Waals surface area contributed by atoms with Gasteiger partial charge in [-0.05, 0) is 24.1 Å². The van der Waals surface area contributed by atoms with Crippen molar-refractivity contribution in [2.24, 2.45) is 0 Å². The number of benzene rings is 1. The number of carbonyl (C=O) groups excluding carboxylic acids is 1. The van der Waals surface area contributed by atoms with Gasteiger partial charge in [-0.2, -0.15) is 13.2 Å². The van der Waals surface area contributed by atoms with E-state index in [1.807, 2.05) is 0 Å². The molecule has 0 spiro atoms. The lowest BCUT2D eigenvalue weighted by Gasteiger charge is -2.08. The smallest absolute Gasteiger partial charge is 0.355 e. The molecular weight excluding hydrogens is 307 g/mol. The van der Waals surface area contributed by atoms with E-state index in [0.29, 0.717) is 12.0 Å². The Bertz CT molecular complexity index is 580. The Morgan fingerprint density at radius 3 is 2.24 bits per heavy atom. The second-order valence-electron chi connectivity index (χ2n) is 4.47. The van der Waals surface area contributed by atoms with Gasteiger partial charge in [0, 0.05) is 12.3 Å². The van der Waals surface area contributed by atoms with Gasteiger partial charge in [0.25, 0.3) is 0 Å². The third-order valence-corrected chi connectivity index (χ3v) is 4.39. The molecule has 0 saturated heterocycles. The summed E-state index contributed by atoms with van der Waals surface area (Å²) in [5, 5.41) is 2.43. The summed E-state index contributed by atoms with van der Waals surface area (Å²) >= 11 is 0. The summed E-state index contributed by atoms with van der Waals surface area (Å²) in [5.74, 6) is -1.29. The molecule has 0 radical (unpaired) electrons. The van der Waals surface area contributed by atoms with Gasteiger partial charge in [0.2, 0.25) is 5.91 Å². The van der Waals surface area contributed by atoms with E-state index < -0.39 is 33.2 Å². The molecule has 8 heteroatoms. The summed E-state index contributed by atoms with van der Waals surface area (Å²) in [5.41, 5.74) is -0.106. The lowest BCUT2D eigenvalue weighted by Crippen LogP contribution is -2.32. The first-order valence-electron chi connectivity index (χ1n) is 6.27. The number of sulfone groups is 1. The third-order valence-electron chi connectivity index (χ3n) is 2.81. The van der Waals surface area contributed by atoms with Gasteiger partial charge in [-0.3, -0.25) is 4.79 Å². The van der Waals surface area contributed by atoms with Crippen LogP contribution in [0.4, 0.5) is 13.2 Å². The summed E-state index contributed by atoms with van der Waals surface area (Å²) < 4.78 is 59.5. The van der Waals surface area contributed by atoms with Crippen molar-refractivity contribution in [1.29, 1.82) is 0 Å². The number of hydrogen-bond donors (Lipinski definition) is 1. The van der Waals surface area contributed by atoms with Crippen molar-refractivity contribution in [3.63, 3.8) is 0 Å². The minimum absolute atomic E-state index is 0.112. The van der Waals surface area contributed by atoms with E-state index in [-0.39, 0.29) is 12.3 Å². The number of amides is 1. The molecule has 0 saturated carbocycles. The maximum atomic E-state index is 12.4. The van der Waals surface area contributed by atoms with Gasteiger partial charge in [0.1, 0.15) is 5.75 Å². The molecule has 0 heterocycles. The second kappa shape index (κ2) is 6.93. The van der Waals surface area contributed by atoms with Crippen molar-refractivity contribution in [1.82, 2.24) is 5.32 Å². The molecule has 0 bridgehead atoms. The molecule has 1 aromatic rings. The average molecular weight is 323 g/mol. The molecule has 0 fully saturated rings. The Morgan fingerprint density at radius 1 is 1.19 bits per heavy atom. The summed E-state index contributed by atoms with van der Waals surface area (Å²) in [6.07, 6.45) is -4.04. The second-order valence-corrected chi connectivity index (χ2v) is 6.82. The summed E-state index contributed by atoms with van der Waals surface area (Å²) in [4.78, 5) is 11.4. The maximum Gasteiger partial charge on any atom is 0.416 e. The Morgan fingerprint density at radius 2 is 1.76 bits per heavy atom. The first-order valence-corrected chi connectivity index (χ1v) is 8.09. The molecule has 4 nitrogen and oxygen atoms in total. The fourth-order valence-electron chi connectivity index (χ4n) is 1.56. The van der Waals surface area contributed by atoms with Gasteiger partial charge in [-0.15, -0.1) is 0 Å². The lowest BCUT2D eigenvalue weighted by atomic mass is 10.1. The number of alkyl halides is 3. The van der Waals surface area contributed by atoms with E-state index in [4.69, 9.17) is 0 Å². The first kappa shape index (κ1) is 17.5. The number of rotatable bonds is 6. The minimum Gasteiger partial charge on any atom is -0.355 e. The van der Waals surface area contributed by atoms with Crippen molar-refractivity contribution in [3.8, 4) is 0 Å². The fourth-order valence-corrected chi connectivity index (χ4v) is 2.27. The Hall–Kier alpha value is -1.57. The van der Waals surface area contributed by atoms with Crippen molar-refractivity contribution in [2.75, 3.05) is 18.1 Å². The zero-order valence-corrected chi connectivity index (χ0v) is 12.2. The predicted octanol–water partition coefficient (Wildman–Crippen LogP) is 1.80. The molecule has 0 unspecified atom stereocenters. The molecule has 1 amide bonds. The van der Waals surface area contributed by atoms with Crippen LogP contribution in [0.1, 0.15) is 18.1 Å². The SMILES string of the molecule is CCS(=O)(=O)CC(=O)NCCc1ccc(C(F)(F)F)cc1. The van der Waals surface area contributed by atoms with Crippen LogP contribution in [0.3, 0.4) is 0 Å². The topological polar surface area (TPSA) is 63.2 Å².